The summed E-state index contributed by atoms with van der Waals surface area (Å²) in [5.74, 6) is 0.192. The third kappa shape index (κ3) is 5.25. The third-order valence-electron chi connectivity index (χ3n) is 3.62. The first-order valence-corrected chi connectivity index (χ1v) is 8.97. The molecule has 2 rings (SSSR count). The van der Waals surface area contributed by atoms with Gasteiger partial charge in [-0.05, 0) is 61.8 Å². The molecule has 0 aliphatic heterocycles. The molecule has 0 saturated carbocycles. The Bertz CT molecular complexity index is 747. The lowest BCUT2D eigenvalue weighted by molar-refractivity contribution is -0.119. The number of aryl methyl sites for hydroxylation is 2. The molecule has 3 N–H and O–H groups in total. The first kappa shape index (κ1) is 18.3. The highest BCUT2D eigenvalue weighted by Crippen LogP contribution is 2.21. The van der Waals surface area contributed by atoms with Crippen molar-refractivity contribution >= 4 is 40.7 Å². The number of nitrogens with one attached hydrogen (secondary N) is 3. The number of carbonyl (C=O) groups excluding carboxylic acids is 1. The molecule has 0 unspecified atom stereocenters. The smallest absolute Gasteiger partial charge is 0.248 e. The zero-order valence-electron chi connectivity index (χ0n) is 14.0. The molecule has 1 amide bonds. The summed E-state index contributed by atoms with van der Waals surface area (Å²) in [7, 11) is 0. The van der Waals surface area contributed by atoms with Crippen molar-refractivity contribution in [3.63, 3.8) is 0 Å². The van der Waals surface area contributed by atoms with Crippen molar-refractivity contribution in [2.24, 2.45) is 0 Å². The highest BCUT2D eigenvalue weighted by molar-refractivity contribution is 8.00. The maximum Gasteiger partial charge on any atom is 0.248 e. The molecule has 0 fully saturated rings. The Morgan fingerprint density at radius 3 is 2.46 bits per heavy atom. The van der Waals surface area contributed by atoms with Crippen LogP contribution in [0.25, 0.3) is 0 Å². The van der Waals surface area contributed by atoms with Crippen molar-refractivity contribution in [1.82, 2.24) is 10.9 Å². The molecule has 6 heteroatoms. The summed E-state index contributed by atoms with van der Waals surface area (Å²) in [4.78, 5) is 13.0. The predicted octanol–water partition coefficient (Wildman–Crippen LogP) is 3.72. The summed E-state index contributed by atoms with van der Waals surface area (Å²) in [5.41, 5.74) is 9.75. The van der Waals surface area contributed by atoms with Crippen molar-refractivity contribution in [3.8, 4) is 0 Å². The summed E-state index contributed by atoms with van der Waals surface area (Å²) in [5, 5.41) is 3.45. The van der Waals surface area contributed by atoms with Crippen molar-refractivity contribution in [1.29, 1.82) is 0 Å². The predicted molar refractivity (Wildman–Crippen MR) is 105 cm³/mol. The molecule has 0 spiro atoms. The number of benzene rings is 2. The van der Waals surface area contributed by atoms with E-state index in [9.17, 15) is 4.79 Å². The van der Waals surface area contributed by atoms with Gasteiger partial charge in [0, 0.05) is 10.6 Å². The maximum atomic E-state index is 11.9. The maximum absolute atomic E-state index is 11.9. The molecule has 0 heterocycles. The van der Waals surface area contributed by atoms with E-state index in [0.29, 0.717) is 10.9 Å². The average molecular weight is 360 g/mol. The van der Waals surface area contributed by atoms with Crippen LogP contribution in [0.5, 0.6) is 0 Å². The van der Waals surface area contributed by atoms with Gasteiger partial charge in [0.25, 0.3) is 0 Å². The van der Waals surface area contributed by atoms with Gasteiger partial charge in [-0.15, -0.1) is 11.8 Å². The SMILES string of the molecule is Cc1ccccc1SCC(=O)NNC(=S)Nc1cccc(C)c1C. The minimum absolute atomic E-state index is 0.131. The fraction of sp³-hybridized carbons (Fsp3) is 0.222. The van der Waals surface area contributed by atoms with Gasteiger partial charge in [0.05, 0.1) is 5.75 Å². The summed E-state index contributed by atoms with van der Waals surface area (Å²) in [6, 6.07) is 13.9. The molecule has 0 aliphatic rings. The van der Waals surface area contributed by atoms with Gasteiger partial charge in [0.2, 0.25) is 5.91 Å². The number of amides is 1. The van der Waals surface area contributed by atoms with Gasteiger partial charge >= 0.3 is 0 Å². The van der Waals surface area contributed by atoms with Crippen LogP contribution in [0.4, 0.5) is 5.69 Å². The monoisotopic (exact) mass is 359 g/mol. The van der Waals surface area contributed by atoms with Crippen LogP contribution in [0.15, 0.2) is 47.4 Å². The summed E-state index contributed by atoms with van der Waals surface area (Å²) >= 11 is 6.71. The van der Waals surface area contributed by atoms with Gasteiger partial charge in [-0.2, -0.15) is 0 Å². The molecule has 0 aliphatic carbocycles. The lowest BCUT2D eigenvalue weighted by Gasteiger charge is -2.14. The fourth-order valence-corrected chi connectivity index (χ4v) is 3.05. The van der Waals surface area contributed by atoms with Gasteiger partial charge in [-0.25, -0.2) is 0 Å². The Balaban J connectivity index is 1.78. The van der Waals surface area contributed by atoms with Crippen LogP contribution in [0, 0.1) is 20.8 Å². The molecular formula is C18H21N3OS2. The van der Waals surface area contributed by atoms with Crippen molar-refractivity contribution < 1.29 is 4.79 Å². The van der Waals surface area contributed by atoms with E-state index in [1.54, 1.807) is 0 Å². The van der Waals surface area contributed by atoms with E-state index >= 15 is 0 Å². The average Bonchev–Trinajstić information content (AvgIpc) is 2.56. The number of thiocarbonyl (C=S) groups is 1. The standard InChI is InChI=1S/C18H21N3OS2/c1-12-8-6-9-15(14(12)3)19-18(23)21-20-17(22)11-24-16-10-5-4-7-13(16)2/h4-10H,11H2,1-3H3,(H,20,22)(H2,19,21,23). The number of hydrazine groups is 1. The number of thioether (sulfide) groups is 1. The van der Waals surface area contributed by atoms with Crippen LogP contribution in [-0.4, -0.2) is 16.8 Å². The van der Waals surface area contributed by atoms with Gasteiger partial charge in [0.1, 0.15) is 0 Å². The molecule has 24 heavy (non-hydrogen) atoms. The minimum Gasteiger partial charge on any atom is -0.331 e. The molecule has 2 aromatic rings. The summed E-state index contributed by atoms with van der Waals surface area (Å²) in [6.07, 6.45) is 0. The third-order valence-corrected chi connectivity index (χ3v) is 5.00. The van der Waals surface area contributed by atoms with E-state index in [1.807, 2.05) is 63.2 Å². The second-order valence-corrected chi connectivity index (χ2v) is 6.85. The second kappa shape index (κ2) is 8.70. The molecule has 4 nitrogen and oxygen atoms in total. The van der Waals surface area contributed by atoms with E-state index in [0.717, 1.165) is 21.7 Å². The van der Waals surface area contributed by atoms with Crippen LogP contribution < -0.4 is 16.2 Å². The lowest BCUT2D eigenvalue weighted by atomic mass is 10.1. The minimum atomic E-state index is -0.131. The molecule has 0 atom stereocenters. The molecule has 2 aromatic carbocycles. The molecular weight excluding hydrogens is 338 g/mol. The van der Waals surface area contributed by atoms with Crippen LogP contribution in [0.3, 0.4) is 0 Å². The van der Waals surface area contributed by atoms with Crippen molar-refractivity contribution in [3.05, 3.63) is 59.2 Å². The van der Waals surface area contributed by atoms with E-state index < -0.39 is 0 Å². The first-order valence-electron chi connectivity index (χ1n) is 7.58. The Morgan fingerprint density at radius 2 is 1.71 bits per heavy atom. The van der Waals surface area contributed by atoms with Gasteiger partial charge < -0.3 is 5.32 Å². The number of hydrogen-bond acceptors (Lipinski definition) is 3. The fourth-order valence-electron chi connectivity index (χ4n) is 2.06. The highest BCUT2D eigenvalue weighted by atomic mass is 32.2. The zero-order valence-corrected chi connectivity index (χ0v) is 15.6. The first-order chi connectivity index (χ1) is 11.5. The van der Waals surface area contributed by atoms with E-state index in [2.05, 4.69) is 16.2 Å². The topological polar surface area (TPSA) is 53.2 Å². The molecule has 126 valence electrons. The highest BCUT2D eigenvalue weighted by Gasteiger charge is 2.06. The summed E-state index contributed by atoms with van der Waals surface area (Å²) < 4.78 is 0. The molecule has 0 aromatic heterocycles. The van der Waals surface area contributed by atoms with E-state index in [1.165, 1.54) is 17.3 Å². The Labute approximate surface area is 152 Å². The van der Waals surface area contributed by atoms with Gasteiger partial charge in [-0.1, -0.05) is 30.3 Å². The lowest BCUT2D eigenvalue weighted by Crippen LogP contribution is -2.44. The van der Waals surface area contributed by atoms with Gasteiger partial charge in [0.15, 0.2) is 5.11 Å². The van der Waals surface area contributed by atoms with E-state index in [4.69, 9.17) is 12.2 Å². The van der Waals surface area contributed by atoms with Crippen LogP contribution in [0.1, 0.15) is 16.7 Å². The summed E-state index contributed by atoms with van der Waals surface area (Å²) in [6.45, 7) is 6.10. The van der Waals surface area contributed by atoms with Crippen LogP contribution >= 0.6 is 24.0 Å². The van der Waals surface area contributed by atoms with Gasteiger partial charge in [-0.3, -0.25) is 15.6 Å². The molecule has 0 radical (unpaired) electrons. The van der Waals surface area contributed by atoms with Crippen molar-refractivity contribution in [2.75, 3.05) is 11.1 Å². The number of hydrogen-bond donors (Lipinski definition) is 3. The number of anilines is 1. The van der Waals surface area contributed by atoms with E-state index in [-0.39, 0.29) is 5.91 Å². The number of rotatable bonds is 4. The molecule has 0 bridgehead atoms. The Morgan fingerprint density at radius 1 is 1.00 bits per heavy atom. The quantitative estimate of drug-likeness (QED) is 0.441. The van der Waals surface area contributed by atoms with Crippen LogP contribution in [0.2, 0.25) is 0 Å². The molecule has 0 saturated heterocycles. The number of carbonyl (C=O) groups is 1. The second-order valence-electron chi connectivity index (χ2n) is 5.43. The van der Waals surface area contributed by atoms with Crippen LogP contribution in [-0.2, 0) is 4.79 Å². The largest absolute Gasteiger partial charge is 0.331 e. The normalized spacial score (nSPS) is 10.1. The Kier molecular flexibility index (Phi) is 6.63. The van der Waals surface area contributed by atoms with Crippen molar-refractivity contribution in [2.45, 2.75) is 25.7 Å². The zero-order chi connectivity index (χ0) is 17.5. The Hall–Kier alpha value is -2.05.